The number of hydrogen-bond acceptors (Lipinski definition) is 2. The van der Waals surface area contributed by atoms with Crippen LogP contribution in [0, 0.1) is 19.8 Å². The highest BCUT2D eigenvalue weighted by atomic mass is 16.5. The maximum Gasteiger partial charge on any atom is 0.124 e. The van der Waals surface area contributed by atoms with Gasteiger partial charge in [-0.25, -0.2) is 0 Å². The maximum atomic E-state index is 5.65. The smallest absolute Gasteiger partial charge is 0.124 e. The molecule has 1 aliphatic heterocycles. The molecule has 1 aliphatic rings. The molecule has 0 aromatic heterocycles. The van der Waals surface area contributed by atoms with E-state index >= 15 is 0 Å². The molecule has 2 heteroatoms. The summed E-state index contributed by atoms with van der Waals surface area (Å²) in [7, 11) is 1.78. The Labute approximate surface area is 111 Å². The van der Waals surface area contributed by atoms with E-state index in [1.54, 1.807) is 7.11 Å². The second kappa shape index (κ2) is 4.93. The van der Waals surface area contributed by atoms with Gasteiger partial charge in [0.05, 0.1) is 7.11 Å². The van der Waals surface area contributed by atoms with E-state index in [-0.39, 0.29) is 5.54 Å². The van der Waals surface area contributed by atoms with Crippen LogP contribution >= 0.6 is 0 Å². The Bertz CT molecular complexity index is 431. The first kappa shape index (κ1) is 13.4. The van der Waals surface area contributed by atoms with Crippen molar-refractivity contribution in [2.45, 2.75) is 46.1 Å². The van der Waals surface area contributed by atoms with E-state index in [4.69, 9.17) is 4.74 Å². The fraction of sp³-hybridized carbons (Fsp3) is 0.625. The van der Waals surface area contributed by atoms with E-state index in [1.165, 1.54) is 29.5 Å². The number of benzene rings is 1. The molecule has 1 heterocycles. The molecule has 0 saturated carbocycles. The molecule has 0 radical (unpaired) electrons. The van der Waals surface area contributed by atoms with E-state index in [0.717, 1.165) is 12.3 Å². The lowest BCUT2D eigenvalue weighted by atomic mass is 9.76. The number of rotatable bonds is 3. The van der Waals surface area contributed by atoms with Crippen molar-refractivity contribution in [2.24, 2.45) is 5.92 Å². The van der Waals surface area contributed by atoms with Crippen LogP contribution in [0.3, 0.4) is 0 Å². The summed E-state index contributed by atoms with van der Waals surface area (Å²) in [5.41, 5.74) is 4.06. The first-order chi connectivity index (χ1) is 8.51. The Morgan fingerprint density at radius 3 is 2.50 bits per heavy atom. The van der Waals surface area contributed by atoms with Gasteiger partial charge in [0.15, 0.2) is 0 Å². The SMILES string of the molecule is COc1cc(C)cc(C)c1C1(C(C)C)CCCN1. The number of methoxy groups -OCH3 is 1. The second-order valence-corrected chi connectivity index (χ2v) is 5.82. The van der Waals surface area contributed by atoms with Crippen molar-refractivity contribution in [2.75, 3.05) is 13.7 Å². The molecular formula is C16H25NO. The highest BCUT2D eigenvalue weighted by Gasteiger charge is 2.41. The third-order valence-electron chi connectivity index (χ3n) is 4.28. The molecule has 2 rings (SSSR count). The highest BCUT2D eigenvalue weighted by Crippen LogP contribution is 2.44. The third-order valence-corrected chi connectivity index (χ3v) is 4.28. The fourth-order valence-electron chi connectivity index (χ4n) is 3.42. The van der Waals surface area contributed by atoms with Crippen LogP contribution in [0.4, 0.5) is 0 Å². The fourth-order valence-corrected chi connectivity index (χ4v) is 3.42. The normalized spacial score (nSPS) is 23.7. The Hall–Kier alpha value is -1.02. The van der Waals surface area contributed by atoms with E-state index in [1.807, 2.05) is 0 Å². The summed E-state index contributed by atoms with van der Waals surface area (Å²) >= 11 is 0. The molecule has 0 amide bonds. The zero-order valence-corrected chi connectivity index (χ0v) is 12.3. The van der Waals surface area contributed by atoms with Gasteiger partial charge in [0.1, 0.15) is 5.75 Å². The lowest BCUT2D eigenvalue weighted by molar-refractivity contribution is 0.263. The first-order valence-corrected chi connectivity index (χ1v) is 6.92. The van der Waals surface area contributed by atoms with Crippen LogP contribution in [-0.4, -0.2) is 13.7 Å². The summed E-state index contributed by atoms with van der Waals surface area (Å²) in [5, 5.41) is 3.74. The van der Waals surface area contributed by atoms with Crippen molar-refractivity contribution in [3.8, 4) is 5.75 Å². The lowest BCUT2D eigenvalue weighted by Crippen LogP contribution is -2.42. The zero-order chi connectivity index (χ0) is 13.3. The highest BCUT2D eigenvalue weighted by molar-refractivity contribution is 5.48. The Balaban J connectivity index is 2.61. The zero-order valence-electron chi connectivity index (χ0n) is 12.3. The Morgan fingerprint density at radius 1 is 1.28 bits per heavy atom. The molecule has 1 unspecified atom stereocenters. The molecule has 1 N–H and O–H groups in total. The summed E-state index contributed by atoms with van der Waals surface area (Å²) in [6.07, 6.45) is 2.44. The van der Waals surface area contributed by atoms with Crippen LogP contribution in [0.1, 0.15) is 43.4 Å². The summed E-state index contributed by atoms with van der Waals surface area (Å²) in [5.74, 6) is 1.60. The minimum absolute atomic E-state index is 0.0864. The Kier molecular flexibility index (Phi) is 3.67. The van der Waals surface area contributed by atoms with Crippen LogP contribution < -0.4 is 10.1 Å². The molecule has 0 aliphatic carbocycles. The van der Waals surface area contributed by atoms with Crippen LogP contribution in [0.2, 0.25) is 0 Å². The molecule has 100 valence electrons. The second-order valence-electron chi connectivity index (χ2n) is 5.82. The standard InChI is InChI=1S/C16H25NO/c1-11(2)16(7-6-8-17-16)15-13(4)9-12(3)10-14(15)18-5/h9-11,17H,6-8H2,1-5H3. The van der Waals surface area contributed by atoms with Crippen LogP contribution in [0.5, 0.6) is 5.75 Å². The molecule has 1 aromatic carbocycles. The van der Waals surface area contributed by atoms with Gasteiger partial charge in [0.25, 0.3) is 0 Å². The molecule has 18 heavy (non-hydrogen) atoms. The molecular weight excluding hydrogens is 222 g/mol. The number of aryl methyl sites for hydroxylation is 2. The van der Waals surface area contributed by atoms with Gasteiger partial charge in [0, 0.05) is 11.1 Å². The van der Waals surface area contributed by atoms with Crippen LogP contribution in [0.25, 0.3) is 0 Å². The van der Waals surface area contributed by atoms with Gasteiger partial charge in [-0.1, -0.05) is 19.9 Å². The molecule has 0 spiro atoms. The summed E-state index contributed by atoms with van der Waals surface area (Å²) in [6.45, 7) is 10.0. The lowest BCUT2D eigenvalue weighted by Gasteiger charge is -2.37. The first-order valence-electron chi connectivity index (χ1n) is 6.92. The van der Waals surface area contributed by atoms with Crippen molar-refractivity contribution in [1.82, 2.24) is 5.32 Å². The molecule has 1 saturated heterocycles. The number of ether oxygens (including phenoxy) is 1. The predicted molar refractivity (Wildman–Crippen MR) is 76.2 cm³/mol. The van der Waals surface area contributed by atoms with Gasteiger partial charge < -0.3 is 10.1 Å². The van der Waals surface area contributed by atoms with Crippen molar-refractivity contribution in [1.29, 1.82) is 0 Å². The van der Waals surface area contributed by atoms with Crippen molar-refractivity contribution >= 4 is 0 Å². The average Bonchev–Trinajstić information content (AvgIpc) is 2.78. The van der Waals surface area contributed by atoms with Crippen LogP contribution in [0.15, 0.2) is 12.1 Å². The number of hydrogen-bond donors (Lipinski definition) is 1. The molecule has 2 nitrogen and oxygen atoms in total. The van der Waals surface area contributed by atoms with Crippen LogP contribution in [-0.2, 0) is 5.54 Å². The van der Waals surface area contributed by atoms with Gasteiger partial charge in [-0.15, -0.1) is 0 Å². The summed E-state index contributed by atoms with van der Waals surface area (Å²) < 4.78 is 5.65. The van der Waals surface area contributed by atoms with Crippen molar-refractivity contribution in [3.63, 3.8) is 0 Å². The quantitative estimate of drug-likeness (QED) is 0.882. The Morgan fingerprint density at radius 2 is 2.00 bits per heavy atom. The molecule has 1 aromatic rings. The summed E-state index contributed by atoms with van der Waals surface area (Å²) in [6, 6.07) is 4.43. The molecule has 1 fully saturated rings. The van der Waals surface area contributed by atoms with E-state index < -0.39 is 0 Å². The van der Waals surface area contributed by atoms with Gasteiger partial charge >= 0.3 is 0 Å². The van der Waals surface area contributed by atoms with Gasteiger partial charge in [0.2, 0.25) is 0 Å². The van der Waals surface area contributed by atoms with Gasteiger partial charge in [-0.2, -0.15) is 0 Å². The summed E-state index contributed by atoms with van der Waals surface area (Å²) in [4.78, 5) is 0. The number of nitrogens with one attached hydrogen (secondary N) is 1. The molecule has 0 bridgehead atoms. The topological polar surface area (TPSA) is 21.3 Å². The van der Waals surface area contributed by atoms with E-state index in [9.17, 15) is 0 Å². The minimum Gasteiger partial charge on any atom is -0.496 e. The van der Waals surface area contributed by atoms with E-state index in [0.29, 0.717) is 5.92 Å². The van der Waals surface area contributed by atoms with Crippen molar-refractivity contribution < 1.29 is 4.74 Å². The van der Waals surface area contributed by atoms with E-state index in [2.05, 4.69) is 45.1 Å². The van der Waals surface area contributed by atoms with Gasteiger partial charge in [-0.05, 0) is 56.3 Å². The molecule has 1 atom stereocenters. The monoisotopic (exact) mass is 247 g/mol. The minimum atomic E-state index is 0.0864. The van der Waals surface area contributed by atoms with Crippen molar-refractivity contribution in [3.05, 3.63) is 28.8 Å². The largest absolute Gasteiger partial charge is 0.496 e. The third kappa shape index (κ3) is 2.03. The van der Waals surface area contributed by atoms with Gasteiger partial charge in [-0.3, -0.25) is 0 Å². The predicted octanol–water partition coefficient (Wildman–Crippen LogP) is 3.55. The maximum absolute atomic E-state index is 5.65. The average molecular weight is 247 g/mol.